The molecule has 0 aliphatic carbocycles. The second-order valence-corrected chi connectivity index (χ2v) is 26.5. The largest absolute Gasteiger partial charge is 0.289 e. The van der Waals surface area contributed by atoms with E-state index in [0.29, 0.717) is 33.2 Å². The predicted octanol–water partition coefficient (Wildman–Crippen LogP) is 9.67. The van der Waals surface area contributed by atoms with Crippen molar-refractivity contribution in [2.45, 2.75) is 116 Å². The third-order valence-corrected chi connectivity index (χ3v) is 25.6. The Bertz CT molecular complexity index is 1720. The van der Waals surface area contributed by atoms with Gasteiger partial charge < -0.3 is 0 Å². The Kier molecular flexibility index (Phi) is 7.76. The van der Waals surface area contributed by atoms with Crippen LogP contribution in [0.3, 0.4) is 0 Å². The summed E-state index contributed by atoms with van der Waals surface area (Å²) in [6, 6.07) is 16.5. The van der Waals surface area contributed by atoms with Crippen molar-refractivity contribution in [3.63, 3.8) is 0 Å². The van der Waals surface area contributed by atoms with Crippen molar-refractivity contribution in [1.29, 1.82) is 0 Å². The molecule has 4 heteroatoms. The molecule has 0 amide bonds. The molecule has 222 valence electrons. The molecule has 0 fully saturated rings. The molecule has 0 saturated carbocycles. The Morgan fingerprint density at radius 3 is 0.857 bits per heavy atom. The lowest BCUT2D eigenvalue weighted by atomic mass is 10.1. The van der Waals surface area contributed by atoms with Crippen LogP contribution in [-0.2, 0) is 0 Å². The standard InChI is InChI=1S/C38H50O2Si2/c1-21(2)41(22(3)4,23(5)6)37-31-27-17-13-15-19-29(27)36(40)34(31)38(42(24(7)8,25(9)10)26(11)12)32-28-18-14-16-20-30(28)35(39)33(32)37/h13-26H,1-12H3. The van der Waals surface area contributed by atoms with Gasteiger partial charge in [0.1, 0.15) is 0 Å². The molecular weight excluding hydrogens is 545 g/mol. The first-order valence-electron chi connectivity index (χ1n) is 16.2. The second-order valence-electron chi connectivity index (χ2n) is 14.8. The van der Waals surface area contributed by atoms with Crippen molar-refractivity contribution in [1.82, 2.24) is 0 Å². The predicted molar refractivity (Wildman–Crippen MR) is 193 cm³/mol. The average Bonchev–Trinajstić information content (AvgIpc) is 3.36. The van der Waals surface area contributed by atoms with Gasteiger partial charge in [-0.25, -0.2) is 0 Å². The average molecular weight is 595 g/mol. The minimum absolute atomic E-state index is 0.175. The van der Waals surface area contributed by atoms with Crippen LogP contribution >= 0.6 is 0 Å². The summed E-state index contributed by atoms with van der Waals surface area (Å²) in [5.41, 5.74) is 2.76. The zero-order valence-electron chi connectivity index (χ0n) is 27.9. The quantitative estimate of drug-likeness (QED) is 0.168. The lowest BCUT2D eigenvalue weighted by molar-refractivity contribution is 0.835. The van der Waals surface area contributed by atoms with Crippen LogP contribution in [-0.4, -0.2) is 16.1 Å². The highest BCUT2D eigenvalue weighted by molar-refractivity contribution is 7.02. The van der Waals surface area contributed by atoms with Gasteiger partial charge in [0.15, 0.2) is 10.9 Å². The minimum atomic E-state index is -2.42. The normalized spacial score (nSPS) is 13.8. The van der Waals surface area contributed by atoms with Gasteiger partial charge in [0, 0.05) is 21.5 Å². The monoisotopic (exact) mass is 594 g/mol. The molecule has 0 spiro atoms. The molecule has 42 heavy (non-hydrogen) atoms. The van der Waals surface area contributed by atoms with Gasteiger partial charge in [-0.15, -0.1) is 0 Å². The Balaban J connectivity index is 2.36. The molecule has 0 aliphatic rings. The molecule has 5 aromatic rings. The summed E-state index contributed by atoms with van der Waals surface area (Å²) >= 11 is 0. The van der Waals surface area contributed by atoms with E-state index in [1.54, 1.807) is 0 Å². The van der Waals surface area contributed by atoms with Gasteiger partial charge in [-0.3, -0.25) is 9.59 Å². The maximum atomic E-state index is 15.0. The van der Waals surface area contributed by atoms with Crippen molar-refractivity contribution in [2.75, 3.05) is 0 Å². The van der Waals surface area contributed by atoms with Gasteiger partial charge in [-0.05, 0) is 65.2 Å². The van der Waals surface area contributed by atoms with Crippen LogP contribution < -0.4 is 21.2 Å². The Hall–Kier alpha value is -2.57. The Morgan fingerprint density at radius 2 is 0.619 bits per heavy atom. The number of fused-ring (bicyclic) bond motifs is 6. The van der Waals surface area contributed by atoms with E-state index in [-0.39, 0.29) is 10.9 Å². The molecule has 0 heterocycles. The maximum Gasteiger partial charge on any atom is 0.194 e. The summed E-state index contributed by atoms with van der Waals surface area (Å²) in [6.07, 6.45) is 0. The van der Waals surface area contributed by atoms with E-state index in [9.17, 15) is 9.59 Å². The van der Waals surface area contributed by atoms with Crippen molar-refractivity contribution in [2.24, 2.45) is 0 Å². The van der Waals surface area contributed by atoms with Crippen LogP contribution in [0.15, 0.2) is 58.1 Å². The first-order valence-corrected chi connectivity index (χ1v) is 20.7. The molecule has 5 rings (SSSR count). The number of rotatable bonds is 8. The van der Waals surface area contributed by atoms with E-state index < -0.39 is 16.1 Å². The SMILES string of the molecule is CC(C)[Si](c1c2c(=O)c3ccccc3c2c([Si](C(C)C)(C(C)C)C(C)C)c2c(=O)c3ccccc3c12)(C(C)C)C(C)C. The van der Waals surface area contributed by atoms with Crippen molar-refractivity contribution >= 4 is 69.6 Å². The van der Waals surface area contributed by atoms with Crippen LogP contribution in [0.25, 0.3) is 43.1 Å². The van der Waals surface area contributed by atoms with Gasteiger partial charge in [-0.1, -0.05) is 132 Å². The highest BCUT2D eigenvalue weighted by Crippen LogP contribution is 2.48. The summed E-state index contributed by atoms with van der Waals surface area (Å²) in [5, 5.41) is 10.5. The molecule has 0 N–H and O–H groups in total. The summed E-state index contributed by atoms with van der Waals surface area (Å²) < 4.78 is 0. The highest BCUT2D eigenvalue weighted by atomic mass is 28.3. The number of hydrogen-bond donors (Lipinski definition) is 0. The van der Waals surface area contributed by atoms with Crippen LogP contribution in [0.1, 0.15) is 83.1 Å². The van der Waals surface area contributed by atoms with E-state index in [0.717, 1.165) is 43.1 Å². The van der Waals surface area contributed by atoms with Crippen LogP contribution in [0.4, 0.5) is 0 Å². The topological polar surface area (TPSA) is 34.1 Å². The first-order chi connectivity index (χ1) is 19.7. The fourth-order valence-corrected chi connectivity index (χ4v) is 24.6. The molecular formula is C38H50O2Si2. The molecule has 0 bridgehead atoms. The van der Waals surface area contributed by atoms with Gasteiger partial charge in [0.2, 0.25) is 0 Å². The molecule has 0 unspecified atom stereocenters. The third kappa shape index (κ3) is 3.73. The zero-order valence-corrected chi connectivity index (χ0v) is 29.9. The van der Waals surface area contributed by atoms with Crippen molar-refractivity contribution < 1.29 is 0 Å². The van der Waals surface area contributed by atoms with Gasteiger partial charge in [-0.2, -0.15) is 0 Å². The zero-order chi connectivity index (χ0) is 31.0. The Morgan fingerprint density at radius 1 is 0.381 bits per heavy atom. The minimum Gasteiger partial charge on any atom is -0.289 e. The van der Waals surface area contributed by atoms with E-state index >= 15 is 0 Å². The molecule has 0 aliphatic heterocycles. The van der Waals surface area contributed by atoms with E-state index in [4.69, 9.17) is 0 Å². The van der Waals surface area contributed by atoms with E-state index in [2.05, 4.69) is 107 Å². The van der Waals surface area contributed by atoms with Gasteiger partial charge in [0.05, 0.1) is 16.1 Å². The maximum absolute atomic E-state index is 15.0. The van der Waals surface area contributed by atoms with Crippen molar-refractivity contribution in [3.05, 3.63) is 69.0 Å². The fraction of sp³-hybridized carbons (Fsp3) is 0.474. The lowest BCUT2D eigenvalue weighted by Crippen LogP contribution is -2.60. The lowest BCUT2D eigenvalue weighted by Gasteiger charge is -2.47. The molecule has 0 atom stereocenters. The first kappa shape index (κ1) is 30.9. The van der Waals surface area contributed by atoms with E-state index in [1.165, 1.54) is 10.4 Å². The molecule has 0 aromatic heterocycles. The third-order valence-electron chi connectivity index (χ3n) is 11.4. The van der Waals surface area contributed by atoms with Crippen LogP contribution in [0.5, 0.6) is 0 Å². The summed E-state index contributed by atoms with van der Waals surface area (Å²) in [7, 11) is -4.84. The molecule has 2 nitrogen and oxygen atoms in total. The van der Waals surface area contributed by atoms with Crippen LogP contribution in [0.2, 0.25) is 33.2 Å². The van der Waals surface area contributed by atoms with Gasteiger partial charge >= 0.3 is 0 Å². The number of benzene rings is 3. The highest BCUT2D eigenvalue weighted by Gasteiger charge is 2.52. The molecule has 0 radical (unpaired) electrons. The summed E-state index contributed by atoms with van der Waals surface area (Å²) in [4.78, 5) is 29.9. The van der Waals surface area contributed by atoms with Crippen molar-refractivity contribution in [3.8, 4) is 0 Å². The van der Waals surface area contributed by atoms with E-state index in [1.807, 2.05) is 24.3 Å². The Labute approximate surface area is 254 Å². The van der Waals surface area contributed by atoms with Crippen LogP contribution in [0, 0.1) is 0 Å². The summed E-state index contributed by atoms with van der Waals surface area (Å²) in [5.74, 6) is 0. The second kappa shape index (κ2) is 10.6. The number of hydrogen-bond acceptors (Lipinski definition) is 2. The smallest absolute Gasteiger partial charge is 0.194 e. The van der Waals surface area contributed by atoms with Gasteiger partial charge in [0.25, 0.3) is 0 Å². The summed E-state index contributed by atoms with van der Waals surface area (Å²) in [6.45, 7) is 28.5. The molecule has 0 saturated heterocycles. The molecule has 5 aromatic carbocycles. The fourth-order valence-electron chi connectivity index (χ4n) is 10.4.